The van der Waals surface area contributed by atoms with Gasteiger partial charge in [-0.25, -0.2) is 9.59 Å². The van der Waals surface area contributed by atoms with E-state index in [1.807, 2.05) is 23.1 Å². The number of amides is 1. The van der Waals surface area contributed by atoms with Crippen LogP contribution in [-0.2, 0) is 23.5 Å². The number of benzene rings is 2. The van der Waals surface area contributed by atoms with Crippen molar-refractivity contribution in [3.05, 3.63) is 70.3 Å². The maximum atomic E-state index is 13.2. The Hall–Kier alpha value is -3.28. The minimum absolute atomic E-state index is 0.0433. The highest BCUT2D eigenvalue weighted by Crippen LogP contribution is 2.39. The summed E-state index contributed by atoms with van der Waals surface area (Å²) < 4.78 is 85.0. The van der Waals surface area contributed by atoms with Crippen LogP contribution in [0.3, 0.4) is 0 Å². The number of alkyl halides is 6. The molecule has 1 aliphatic carbocycles. The van der Waals surface area contributed by atoms with E-state index in [9.17, 15) is 41.0 Å². The van der Waals surface area contributed by atoms with Crippen molar-refractivity contribution in [3.63, 3.8) is 0 Å². The van der Waals surface area contributed by atoms with Crippen LogP contribution in [0.4, 0.5) is 31.1 Å². The van der Waals surface area contributed by atoms with Gasteiger partial charge in [-0.3, -0.25) is 4.90 Å². The van der Waals surface area contributed by atoms with Gasteiger partial charge < -0.3 is 14.7 Å². The van der Waals surface area contributed by atoms with Crippen LogP contribution in [0.25, 0.3) is 0 Å². The molecule has 2 aliphatic rings. The van der Waals surface area contributed by atoms with Crippen molar-refractivity contribution in [1.29, 1.82) is 0 Å². The predicted octanol–water partition coefficient (Wildman–Crippen LogP) is 5.23. The van der Waals surface area contributed by atoms with Crippen LogP contribution in [0.15, 0.2) is 42.5 Å². The molecule has 1 aliphatic heterocycles. The molecule has 0 bridgehead atoms. The summed E-state index contributed by atoms with van der Waals surface area (Å²) in [5, 5.41) is 9.23. The van der Waals surface area contributed by atoms with E-state index in [4.69, 9.17) is 4.74 Å². The quantitative estimate of drug-likeness (QED) is 0.447. The fourth-order valence-corrected chi connectivity index (χ4v) is 4.73. The third-order valence-corrected chi connectivity index (χ3v) is 6.48. The van der Waals surface area contributed by atoms with Crippen molar-refractivity contribution >= 4 is 12.1 Å². The summed E-state index contributed by atoms with van der Waals surface area (Å²) in [4.78, 5) is 27.3. The van der Waals surface area contributed by atoms with Crippen LogP contribution in [0.2, 0.25) is 0 Å². The number of hydrogen-bond acceptors (Lipinski definition) is 4. The molecule has 0 saturated carbocycles. The number of piperazine rings is 1. The number of hydrogen-bond donors (Lipinski definition) is 1. The van der Waals surface area contributed by atoms with Gasteiger partial charge in [0.05, 0.1) is 22.7 Å². The Morgan fingerprint density at radius 3 is 2.03 bits per heavy atom. The minimum atomic E-state index is -5.09. The van der Waals surface area contributed by atoms with Crippen LogP contribution < -0.4 is 0 Å². The minimum Gasteiger partial charge on any atom is -0.465 e. The van der Waals surface area contributed by atoms with E-state index in [0.29, 0.717) is 38.1 Å². The fraction of sp³-hybridized carbons (Fsp3) is 0.417. The number of aryl methyl sites for hydroxylation is 1. The van der Waals surface area contributed by atoms with Gasteiger partial charge in [0.25, 0.3) is 0 Å². The molecule has 6 nitrogen and oxygen atoms in total. The molecule has 36 heavy (non-hydrogen) atoms. The molecular weight excluding hydrogens is 494 g/mol. The first-order valence-electron chi connectivity index (χ1n) is 11.1. The van der Waals surface area contributed by atoms with Gasteiger partial charge in [-0.1, -0.05) is 24.3 Å². The normalized spacial score (nSPS) is 21.1. The summed E-state index contributed by atoms with van der Waals surface area (Å²) in [6.45, 7) is 1.05. The zero-order valence-electron chi connectivity index (χ0n) is 18.8. The van der Waals surface area contributed by atoms with Crippen LogP contribution in [0.5, 0.6) is 0 Å². The average molecular weight is 516 g/mol. The number of fused-ring (bicyclic) bond motifs is 1. The molecule has 2 unspecified atom stereocenters. The van der Waals surface area contributed by atoms with Gasteiger partial charge >= 0.3 is 24.4 Å². The second kappa shape index (κ2) is 9.64. The van der Waals surface area contributed by atoms with Gasteiger partial charge in [0.2, 0.25) is 0 Å². The summed E-state index contributed by atoms with van der Waals surface area (Å²) in [5.41, 5.74) is -2.23. The van der Waals surface area contributed by atoms with Gasteiger partial charge in [-0.15, -0.1) is 0 Å². The lowest BCUT2D eigenvalue weighted by Crippen LogP contribution is -2.52. The molecule has 2 aromatic carbocycles. The van der Waals surface area contributed by atoms with E-state index in [-0.39, 0.29) is 19.2 Å². The number of carbonyl (C=O) groups is 2. The molecule has 1 amide bonds. The van der Waals surface area contributed by atoms with E-state index >= 15 is 0 Å². The SMILES string of the molecule is O=C(OC1CCc2ccccc2C1N1CCN(C(=O)O)CC1)c1cc(C(F)(F)F)cc(C(F)(F)F)c1. The number of ether oxygens (including phenoxy) is 1. The Morgan fingerprint density at radius 1 is 0.889 bits per heavy atom. The number of nitrogens with zero attached hydrogens (tertiary/aromatic N) is 2. The Bertz CT molecular complexity index is 1110. The smallest absolute Gasteiger partial charge is 0.416 e. The van der Waals surface area contributed by atoms with Crippen molar-refractivity contribution in [2.75, 3.05) is 26.2 Å². The molecule has 1 N–H and O–H groups in total. The van der Waals surface area contributed by atoms with Gasteiger partial charge in [0, 0.05) is 26.2 Å². The second-order valence-corrected chi connectivity index (χ2v) is 8.73. The third kappa shape index (κ3) is 5.43. The van der Waals surface area contributed by atoms with Gasteiger partial charge in [-0.05, 0) is 42.2 Å². The topological polar surface area (TPSA) is 70.1 Å². The third-order valence-electron chi connectivity index (χ3n) is 6.48. The van der Waals surface area contributed by atoms with Gasteiger partial charge in [-0.2, -0.15) is 26.3 Å². The fourth-order valence-electron chi connectivity index (χ4n) is 4.73. The molecule has 12 heteroatoms. The summed E-state index contributed by atoms with van der Waals surface area (Å²) in [7, 11) is 0. The summed E-state index contributed by atoms with van der Waals surface area (Å²) in [6, 6.07) is 7.49. The Kier molecular flexibility index (Phi) is 6.91. The molecule has 194 valence electrons. The Labute approximate surface area is 202 Å². The molecular formula is C24H22F6N2O4. The molecule has 1 heterocycles. The van der Waals surface area contributed by atoms with Crippen molar-refractivity contribution in [1.82, 2.24) is 9.80 Å². The number of rotatable bonds is 3. The maximum absolute atomic E-state index is 13.2. The van der Waals surface area contributed by atoms with Crippen LogP contribution >= 0.6 is 0 Å². The first-order chi connectivity index (χ1) is 16.8. The Balaban J connectivity index is 1.63. The first kappa shape index (κ1) is 25.8. The molecule has 4 rings (SSSR count). The molecule has 0 spiro atoms. The molecule has 1 saturated heterocycles. The zero-order valence-corrected chi connectivity index (χ0v) is 18.8. The lowest BCUT2D eigenvalue weighted by Gasteiger charge is -2.44. The van der Waals surface area contributed by atoms with Crippen molar-refractivity contribution in [2.45, 2.75) is 37.3 Å². The molecule has 0 radical (unpaired) electrons. The predicted molar refractivity (Wildman–Crippen MR) is 114 cm³/mol. The summed E-state index contributed by atoms with van der Waals surface area (Å²) >= 11 is 0. The highest BCUT2D eigenvalue weighted by atomic mass is 19.4. The molecule has 2 atom stereocenters. The van der Waals surface area contributed by atoms with Crippen molar-refractivity contribution in [2.24, 2.45) is 0 Å². The number of carbonyl (C=O) groups excluding carboxylic acids is 1. The highest BCUT2D eigenvalue weighted by molar-refractivity contribution is 5.90. The molecule has 2 aromatic rings. The van der Waals surface area contributed by atoms with E-state index in [2.05, 4.69) is 0 Å². The largest absolute Gasteiger partial charge is 0.465 e. The van der Waals surface area contributed by atoms with E-state index in [0.717, 1.165) is 11.1 Å². The molecule has 0 aromatic heterocycles. The lowest BCUT2D eigenvalue weighted by atomic mass is 9.84. The standard InChI is InChI=1S/C24H22F6N2O4/c25-23(26,27)16-11-15(12-17(13-16)24(28,29)30)21(33)36-19-6-5-14-3-1-2-4-18(14)20(19)31-7-9-32(10-8-31)22(34)35/h1-4,11-13,19-20H,5-10H2,(H,34,35). The van der Waals surface area contributed by atoms with Gasteiger partial charge in [0.15, 0.2) is 0 Å². The maximum Gasteiger partial charge on any atom is 0.416 e. The van der Waals surface area contributed by atoms with Crippen LogP contribution in [0.1, 0.15) is 45.1 Å². The average Bonchev–Trinajstić information content (AvgIpc) is 2.82. The number of carboxylic acid groups (broad SMARTS) is 1. The van der Waals surface area contributed by atoms with Crippen molar-refractivity contribution < 1.29 is 45.8 Å². The zero-order chi connectivity index (χ0) is 26.3. The number of halogens is 6. The first-order valence-corrected chi connectivity index (χ1v) is 11.1. The van der Waals surface area contributed by atoms with Crippen molar-refractivity contribution in [3.8, 4) is 0 Å². The second-order valence-electron chi connectivity index (χ2n) is 8.73. The van der Waals surface area contributed by atoms with Crippen LogP contribution in [-0.4, -0.2) is 59.3 Å². The summed E-state index contributed by atoms with van der Waals surface area (Å²) in [5.74, 6) is -1.29. The van der Waals surface area contributed by atoms with E-state index < -0.39 is 53.3 Å². The summed E-state index contributed by atoms with van der Waals surface area (Å²) in [6.07, 6.45) is -11.3. The van der Waals surface area contributed by atoms with E-state index in [1.54, 1.807) is 6.07 Å². The molecule has 1 fully saturated rings. The number of esters is 1. The Morgan fingerprint density at radius 2 is 1.47 bits per heavy atom. The highest BCUT2D eigenvalue weighted by Gasteiger charge is 2.40. The van der Waals surface area contributed by atoms with Gasteiger partial charge in [0.1, 0.15) is 6.10 Å². The lowest BCUT2D eigenvalue weighted by molar-refractivity contribution is -0.143. The van der Waals surface area contributed by atoms with Crippen LogP contribution in [0, 0.1) is 0 Å². The van der Waals surface area contributed by atoms with E-state index in [1.165, 1.54) is 4.90 Å². The monoisotopic (exact) mass is 516 g/mol.